The lowest BCUT2D eigenvalue weighted by molar-refractivity contribution is 0.479. The Morgan fingerprint density at radius 3 is 2.80 bits per heavy atom. The highest BCUT2D eigenvalue weighted by atomic mass is 32.1. The van der Waals surface area contributed by atoms with Crippen LogP contribution in [-0.4, -0.2) is 10.2 Å². The van der Waals surface area contributed by atoms with Crippen LogP contribution in [0.5, 0.6) is 0 Å². The summed E-state index contributed by atoms with van der Waals surface area (Å²) in [6, 6.07) is 1.96. The van der Waals surface area contributed by atoms with Gasteiger partial charge >= 0.3 is 0 Å². The molecule has 2 aromatic heterocycles. The second-order valence-corrected chi connectivity index (χ2v) is 4.61. The number of hydrogen-bond donors (Lipinski definition) is 1. The molecule has 0 aliphatic heterocycles. The maximum Gasteiger partial charge on any atom is 0.131 e. The molecule has 0 aliphatic carbocycles. The van der Waals surface area contributed by atoms with Gasteiger partial charge in [0.15, 0.2) is 0 Å². The molecule has 2 aromatic rings. The number of aryl methyl sites for hydroxylation is 2. The first-order valence-electron chi connectivity index (χ1n) is 4.78. The van der Waals surface area contributed by atoms with Crippen molar-refractivity contribution < 1.29 is 4.42 Å². The summed E-state index contributed by atoms with van der Waals surface area (Å²) in [4.78, 5) is 0. The molecule has 0 saturated heterocycles. The van der Waals surface area contributed by atoms with Crippen LogP contribution in [0.25, 0.3) is 0 Å². The van der Waals surface area contributed by atoms with Crippen LogP contribution in [0.2, 0.25) is 0 Å². The van der Waals surface area contributed by atoms with Crippen molar-refractivity contribution in [3.8, 4) is 0 Å². The molecule has 4 nitrogen and oxygen atoms in total. The molecule has 0 bridgehead atoms. The molecule has 0 fully saturated rings. The molecule has 0 spiro atoms. The zero-order valence-corrected chi connectivity index (χ0v) is 9.60. The highest BCUT2D eigenvalue weighted by molar-refractivity contribution is 7.11. The van der Waals surface area contributed by atoms with E-state index in [1.54, 1.807) is 17.6 Å². The van der Waals surface area contributed by atoms with Gasteiger partial charge in [-0.2, -0.15) is 0 Å². The van der Waals surface area contributed by atoms with Crippen LogP contribution in [0, 0.1) is 13.8 Å². The summed E-state index contributed by atoms with van der Waals surface area (Å²) in [7, 11) is 0. The van der Waals surface area contributed by atoms with Crippen molar-refractivity contribution in [1.82, 2.24) is 15.5 Å². The van der Waals surface area contributed by atoms with Gasteiger partial charge in [-0.1, -0.05) is 0 Å². The van der Waals surface area contributed by atoms with Crippen molar-refractivity contribution >= 4 is 11.3 Å². The zero-order chi connectivity index (χ0) is 10.7. The molecule has 0 saturated carbocycles. The molecule has 5 heteroatoms. The fraction of sp³-hybridized carbons (Fsp3) is 0.400. The third-order valence-electron chi connectivity index (χ3n) is 2.10. The SMILES string of the molecule is Cc1nnc(CNCc2occc2C)s1. The molecule has 0 amide bonds. The van der Waals surface area contributed by atoms with E-state index in [0.29, 0.717) is 0 Å². The van der Waals surface area contributed by atoms with Crippen molar-refractivity contribution in [2.24, 2.45) is 0 Å². The van der Waals surface area contributed by atoms with Gasteiger partial charge in [-0.3, -0.25) is 0 Å². The summed E-state index contributed by atoms with van der Waals surface area (Å²) < 4.78 is 5.31. The Labute approximate surface area is 92.3 Å². The van der Waals surface area contributed by atoms with Crippen LogP contribution in [0.3, 0.4) is 0 Å². The zero-order valence-electron chi connectivity index (χ0n) is 8.78. The van der Waals surface area contributed by atoms with E-state index in [2.05, 4.69) is 15.5 Å². The van der Waals surface area contributed by atoms with Gasteiger partial charge in [-0.15, -0.1) is 21.5 Å². The number of furan rings is 1. The maximum atomic E-state index is 5.31. The van der Waals surface area contributed by atoms with Gasteiger partial charge in [0.1, 0.15) is 15.8 Å². The number of rotatable bonds is 4. The van der Waals surface area contributed by atoms with Crippen LogP contribution < -0.4 is 5.32 Å². The standard InChI is InChI=1S/C10H13N3OS/c1-7-3-4-14-9(7)5-11-6-10-13-12-8(2)15-10/h3-4,11H,5-6H2,1-2H3. The van der Waals surface area contributed by atoms with Gasteiger partial charge in [0.25, 0.3) is 0 Å². The lowest BCUT2D eigenvalue weighted by atomic mass is 10.3. The van der Waals surface area contributed by atoms with Crippen molar-refractivity contribution in [2.45, 2.75) is 26.9 Å². The van der Waals surface area contributed by atoms with Gasteiger partial charge in [-0.25, -0.2) is 0 Å². The first kappa shape index (κ1) is 10.3. The van der Waals surface area contributed by atoms with Gasteiger partial charge in [-0.05, 0) is 25.5 Å². The number of nitrogens with one attached hydrogen (secondary N) is 1. The van der Waals surface area contributed by atoms with E-state index >= 15 is 0 Å². The van der Waals surface area contributed by atoms with Gasteiger partial charge in [0.2, 0.25) is 0 Å². The Balaban J connectivity index is 1.83. The summed E-state index contributed by atoms with van der Waals surface area (Å²) in [6.07, 6.45) is 1.71. The smallest absolute Gasteiger partial charge is 0.131 e. The van der Waals surface area contributed by atoms with Gasteiger partial charge < -0.3 is 9.73 Å². The normalized spacial score (nSPS) is 10.8. The van der Waals surface area contributed by atoms with E-state index in [1.807, 2.05) is 19.9 Å². The molecule has 80 valence electrons. The largest absolute Gasteiger partial charge is 0.468 e. The predicted molar refractivity (Wildman–Crippen MR) is 58.6 cm³/mol. The Morgan fingerprint density at radius 2 is 2.20 bits per heavy atom. The van der Waals surface area contributed by atoms with E-state index < -0.39 is 0 Å². The van der Waals surface area contributed by atoms with Gasteiger partial charge in [0, 0.05) is 0 Å². The fourth-order valence-corrected chi connectivity index (χ4v) is 1.96. The summed E-state index contributed by atoms with van der Waals surface area (Å²) in [5.41, 5.74) is 1.18. The monoisotopic (exact) mass is 223 g/mol. The van der Waals surface area contributed by atoms with Crippen LogP contribution in [0.15, 0.2) is 16.7 Å². The highest BCUT2D eigenvalue weighted by Gasteiger charge is 2.03. The van der Waals surface area contributed by atoms with E-state index in [9.17, 15) is 0 Å². The Bertz CT molecular complexity index is 435. The molecule has 0 aliphatic rings. The number of nitrogens with zero attached hydrogens (tertiary/aromatic N) is 2. The van der Waals surface area contributed by atoms with Crippen molar-refractivity contribution in [1.29, 1.82) is 0 Å². The number of hydrogen-bond acceptors (Lipinski definition) is 5. The fourth-order valence-electron chi connectivity index (χ4n) is 1.28. The highest BCUT2D eigenvalue weighted by Crippen LogP contribution is 2.10. The Hall–Kier alpha value is -1.20. The second-order valence-electron chi connectivity index (χ2n) is 3.35. The van der Waals surface area contributed by atoms with E-state index in [0.717, 1.165) is 28.9 Å². The Morgan fingerprint density at radius 1 is 1.33 bits per heavy atom. The van der Waals surface area contributed by atoms with Gasteiger partial charge in [0.05, 0.1) is 19.4 Å². The van der Waals surface area contributed by atoms with Crippen LogP contribution in [0.4, 0.5) is 0 Å². The molecule has 0 aromatic carbocycles. The minimum atomic E-state index is 0.734. The molecule has 2 heterocycles. The lowest BCUT2D eigenvalue weighted by Crippen LogP contribution is -2.12. The maximum absolute atomic E-state index is 5.31. The third-order valence-corrected chi connectivity index (χ3v) is 2.94. The Kier molecular flexibility index (Phi) is 3.13. The average Bonchev–Trinajstić information content (AvgIpc) is 2.77. The van der Waals surface area contributed by atoms with E-state index in [4.69, 9.17) is 4.42 Å². The molecule has 0 radical (unpaired) electrons. The lowest BCUT2D eigenvalue weighted by Gasteiger charge is -1.99. The molecule has 0 atom stereocenters. The summed E-state index contributed by atoms with van der Waals surface area (Å²) in [5.74, 6) is 0.983. The minimum Gasteiger partial charge on any atom is -0.468 e. The van der Waals surface area contributed by atoms with E-state index in [1.165, 1.54) is 5.56 Å². The molecular formula is C10H13N3OS. The van der Waals surface area contributed by atoms with Crippen molar-refractivity contribution in [3.05, 3.63) is 33.7 Å². The van der Waals surface area contributed by atoms with Crippen LogP contribution >= 0.6 is 11.3 Å². The second kappa shape index (κ2) is 4.55. The van der Waals surface area contributed by atoms with E-state index in [-0.39, 0.29) is 0 Å². The number of aromatic nitrogens is 2. The van der Waals surface area contributed by atoms with Crippen LogP contribution in [0.1, 0.15) is 21.3 Å². The quantitative estimate of drug-likeness (QED) is 0.861. The summed E-state index contributed by atoms with van der Waals surface area (Å²) >= 11 is 1.61. The predicted octanol–water partition coefficient (Wildman–Crippen LogP) is 2.04. The summed E-state index contributed by atoms with van der Waals surface area (Å²) in [5, 5.41) is 13.3. The topological polar surface area (TPSA) is 51.0 Å². The molecule has 15 heavy (non-hydrogen) atoms. The first-order chi connectivity index (χ1) is 7.25. The molecule has 0 unspecified atom stereocenters. The molecule has 1 N–H and O–H groups in total. The van der Waals surface area contributed by atoms with Crippen molar-refractivity contribution in [2.75, 3.05) is 0 Å². The molecule has 2 rings (SSSR count). The third kappa shape index (κ3) is 2.64. The first-order valence-corrected chi connectivity index (χ1v) is 5.60. The average molecular weight is 223 g/mol. The van der Waals surface area contributed by atoms with Crippen LogP contribution in [-0.2, 0) is 13.1 Å². The van der Waals surface area contributed by atoms with Crippen molar-refractivity contribution in [3.63, 3.8) is 0 Å². The minimum absolute atomic E-state index is 0.734. The summed E-state index contributed by atoms with van der Waals surface area (Å²) in [6.45, 7) is 5.47. The molecular weight excluding hydrogens is 210 g/mol.